The Bertz CT molecular complexity index is 2480. The van der Waals surface area contributed by atoms with Crippen LogP contribution in [0.2, 0.25) is 0 Å². The second-order valence-electron chi connectivity index (χ2n) is 9.03. The largest absolute Gasteiger partial charge is 0.569 e. The molecule has 1 N–H and O–H groups in total. The second-order valence-corrected chi connectivity index (χ2v) is 9.03. The molecule has 0 aliphatic rings. The highest BCUT2D eigenvalue weighted by Crippen LogP contribution is 2.40. The summed E-state index contributed by atoms with van der Waals surface area (Å²) in [5.74, 6) is 0.382. The van der Waals surface area contributed by atoms with Crippen molar-refractivity contribution in [1.29, 1.82) is 0 Å². The highest BCUT2D eigenvalue weighted by molar-refractivity contribution is 6.17. The predicted molar refractivity (Wildman–Crippen MR) is 168 cm³/mol. The first-order chi connectivity index (χ1) is 24.4. The molecule has 0 unspecified atom stereocenters. The lowest BCUT2D eigenvalue weighted by molar-refractivity contribution is 0.454. The van der Waals surface area contributed by atoms with Crippen LogP contribution < -0.4 is 9.55 Å². The summed E-state index contributed by atoms with van der Waals surface area (Å²) < 4.78 is 95.3. The monoisotopic (exact) mass is 540 g/mol. The van der Waals surface area contributed by atoms with Gasteiger partial charge in [-0.3, -0.25) is 0 Å². The lowest BCUT2D eigenvalue weighted by Gasteiger charge is -2.26. The first-order valence-corrected chi connectivity index (χ1v) is 12.6. The molecule has 0 amide bonds. The topological polar surface area (TPSA) is 45.8 Å². The van der Waals surface area contributed by atoms with Crippen molar-refractivity contribution >= 4 is 46.7 Å². The normalized spacial score (nSPS) is 14.5. The predicted octanol–water partition coefficient (Wildman–Crippen LogP) is 9.30. The molecular weight excluding hydrogens is 505 g/mol. The molecule has 195 valence electrons. The van der Waals surface area contributed by atoms with Crippen LogP contribution in [0.1, 0.15) is 13.7 Å². The Kier molecular flexibility index (Phi) is 4.21. The molecule has 5 heteroatoms. The number of anilines is 3. The van der Waals surface area contributed by atoms with Gasteiger partial charge in [-0.2, -0.15) is 0 Å². The van der Waals surface area contributed by atoms with Gasteiger partial charge in [0, 0.05) is 33.4 Å². The zero-order valence-corrected chi connectivity index (χ0v) is 21.4. The highest BCUT2D eigenvalue weighted by Gasteiger charge is 2.16. The maximum atomic E-state index is 9.12. The fourth-order valence-corrected chi connectivity index (χ4v) is 4.77. The van der Waals surface area contributed by atoms with Gasteiger partial charge < -0.3 is 19.0 Å². The fraction of sp³-hybridized carbons (Fsp3) is 0. The summed E-state index contributed by atoms with van der Waals surface area (Å²) in [6.45, 7) is 0. The van der Waals surface area contributed by atoms with E-state index in [1.807, 2.05) is 23.1 Å². The maximum Gasteiger partial charge on any atom is 0.569 e. The van der Waals surface area contributed by atoms with Gasteiger partial charge in [0.25, 0.3) is 0 Å². The molecule has 7 aromatic rings. The van der Waals surface area contributed by atoms with Crippen molar-refractivity contribution < 1.29 is 27.8 Å². The second kappa shape index (κ2) is 10.7. The van der Waals surface area contributed by atoms with Crippen molar-refractivity contribution in [2.24, 2.45) is 0 Å². The van der Waals surface area contributed by atoms with Crippen molar-refractivity contribution in [3.8, 4) is 28.0 Å². The number of benzene rings is 6. The SMILES string of the molecule is [2H]c1cc([2H])c(-c2ccc(N(c3ccc(O[B]O)cc3)c3cccc(-c4c([2H])c([2H])c([2H])c5c4oc4c([2H])c([2H])c([2H])c([2H])c45)c3)cc2)c([2H])c1. The average Bonchev–Trinajstić information content (AvgIpc) is 3.51. The zero-order chi connectivity index (χ0) is 36.3. The van der Waals surface area contributed by atoms with E-state index in [9.17, 15) is 0 Å². The summed E-state index contributed by atoms with van der Waals surface area (Å²) in [6.07, 6.45) is 0. The molecule has 0 spiro atoms. The first kappa shape index (κ1) is 16.1. The minimum absolute atomic E-state index is 0.00565. The van der Waals surface area contributed by atoms with Crippen LogP contribution in [0.3, 0.4) is 0 Å². The third-order valence-corrected chi connectivity index (χ3v) is 6.63. The fourth-order valence-electron chi connectivity index (χ4n) is 4.77. The van der Waals surface area contributed by atoms with Crippen molar-refractivity contribution in [2.75, 3.05) is 4.90 Å². The third-order valence-electron chi connectivity index (χ3n) is 6.63. The number of para-hydroxylation sites is 2. The highest BCUT2D eigenvalue weighted by atomic mass is 16.5. The summed E-state index contributed by atoms with van der Waals surface area (Å²) in [7, 11) is 0.576. The molecule has 1 heterocycles. The molecule has 0 aliphatic carbocycles. The molecule has 0 fully saturated rings. The minimum Gasteiger partial charge on any atom is -0.537 e. The number of hydrogen-bond acceptors (Lipinski definition) is 4. The minimum atomic E-state index is -0.500. The Morgan fingerprint density at radius 2 is 1.37 bits per heavy atom. The number of fused-ring (bicyclic) bond motifs is 3. The van der Waals surface area contributed by atoms with Crippen LogP contribution in [0.5, 0.6) is 5.75 Å². The van der Waals surface area contributed by atoms with Crippen molar-refractivity contribution in [3.63, 3.8) is 0 Å². The van der Waals surface area contributed by atoms with Gasteiger partial charge in [-0.05, 0) is 71.3 Å². The number of nitrogens with zero attached hydrogens (tertiary/aromatic N) is 1. The smallest absolute Gasteiger partial charge is 0.537 e. The van der Waals surface area contributed by atoms with Crippen LogP contribution in [0.15, 0.2) is 150 Å². The number of hydrogen-bond donors (Lipinski definition) is 1. The summed E-state index contributed by atoms with van der Waals surface area (Å²) in [5, 5.41) is 9.11. The zero-order valence-electron chi connectivity index (χ0n) is 31.4. The van der Waals surface area contributed by atoms with Gasteiger partial charge in [-0.1, -0.05) is 90.8 Å². The van der Waals surface area contributed by atoms with E-state index in [0.717, 1.165) is 0 Å². The Morgan fingerprint density at radius 3 is 2.15 bits per heavy atom. The lowest BCUT2D eigenvalue weighted by Crippen LogP contribution is -2.10. The van der Waals surface area contributed by atoms with E-state index >= 15 is 0 Å². The summed E-state index contributed by atoms with van der Waals surface area (Å²) in [5.41, 5.74) is 3.32. The maximum absolute atomic E-state index is 9.12. The molecule has 6 aromatic carbocycles. The Balaban J connectivity index is 1.43. The molecule has 0 saturated carbocycles. The van der Waals surface area contributed by atoms with Gasteiger partial charge in [-0.25, -0.2) is 0 Å². The van der Waals surface area contributed by atoms with Crippen LogP contribution in [0, 0.1) is 0 Å². The van der Waals surface area contributed by atoms with Gasteiger partial charge in [0.1, 0.15) is 16.9 Å². The van der Waals surface area contributed by atoms with E-state index in [-0.39, 0.29) is 57.7 Å². The number of rotatable bonds is 7. The van der Waals surface area contributed by atoms with Gasteiger partial charge >= 0.3 is 7.69 Å². The summed E-state index contributed by atoms with van der Waals surface area (Å²) in [6, 6.07) is 21.1. The molecule has 1 aromatic heterocycles. The van der Waals surface area contributed by atoms with E-state index in [1.54, 1.807) is 54.6 Å². The molecule has 0 bridgehead atoms. The average molecular weight is 540 g/mol. The van der Waals surface area contributed by atoms with Gasteiger partial charge in [0.2, 0.25) is 0 Å². The summed E-state index contributed by atoms with van der Waals surface area (Å²) >= 11 is 0. The van der Waals surface area contributed by atoms with E-state index in [4.69, 9.17) is 27.8 Å². The van der Waals surface area contributed by atoms with Gasteiger partial charge in [0.15, 0.2) is 0 Å². The van der Waals surface area contributed by atoms with E-state index in [0.29, 0.717) is 47.2 Å². The van der Waals surface area contributed by atoms with Crippen LogP contribution in [-0.4, -0.2) is 12.7 Å². The van der Waals surface area contributed by atoms with Crippen LogP contribution in [0.25, 0.3) is 44.2 Å². The molecule has 41 heavy (non-hydrogen) atoms. The number of furan rings is 1. The van der Waals surface area contributed by atoms with Gasteiger partial charge in [-0.15, -0.1) is 0 Å². The lowest BCUT2D eigenvalue weighted by atomic mass is 10.0. The van der Waals surface area contributed by atoms with Crippen LogP contribution >= 0.6 is 0 Å². The Labute approximate surface area is 253 Å². The standard InChI is InChI=1S/C36H25BNO3/c39-37-41-31-22-20-29(21-23-31)38(28-18-16-26(17-19-28)25-8-2-1-3-9-25)30-11-6-10-27(24-30)32-13-7-14-34-33-12-4-5-15-35(33)40-36(32)34/h1-24,39H/i1D,4D,5D,7D,8D,9D,12D,13D,14D,15D. The Hall–Kier alpha value is -5.26. The van der Waals surface area contributed by atoms with E-state index in [1.165, 1.54) is 12.1 Å². The van der Waals surface area contributed by atoms with E-state index in [2.05, 4.69) is 0 Å². The van der Waals surface area contributed by atoms with Gasteiger partial charge in [0.05, 0.1) is 13.7 Å². The van der Waals surface area contributed by atoms with Crippen molar-refractivity contribution in [3.05, 3.63) is 145 Å². The first-order valence-electron chi connectivity index (χ1n) is 17.6. The van der Waals surface area contributed by atoms with E-state index < -0.39 is 30.2 Å². The molecule has 4 nitrogen and oxygen atoms in total. The van der Waals surface area contributed by atoms with Crippen molar-refractivity contribution in [2.45, 2.75) is 0 Å². The quantitative estimate of drug-likeness (QED) is 0.205. The Morgan fingerprint density at radius 1 is 0.634 bits per heavy atom. The van der Waals surface area contributed by atoms with Crippen molar-refractivity contribution in [1.82, 2.24) is 0 Å². The molecule has 0 saturated heterocycles. The summed E-state index contributed by atoms with van der Waals surface area (Å²) in [4.78, 5) is 1.89. The molecule has 1 radical (unpaired) electrons. The van der Waals surface area contributed by atoms with Crippen LogP contribution in [-0.2, 0) is 0 Å². The molecular formula is C36H25BNO3. The molecule has 7 rings (SSSR count). The van der Waals surface area contributed by atoms with Crippen LogP contribution in [0.4, 0.5) is 17.1 Å². The molecule has 0 aliphatic heterocycles. The molecule has 0 atom stereocenters. The third kappa shape index (κ3) is 4.73.